The van der Waals surface area contributed by atoms with Crippen LogP contribution in [0.25, 0.3) is 0 Å². The zero-order valence-corrected chi connectivity index (χ0v) is 16.7. The molecule has 154 valence electrons. The third kappa shape index (κ3) is 5.68. The molecule has 0 aliphatic heterocycles. The predicted octanol–water partition coefficient (Wildman–Crippen LogP) is 3.09. The summed E-state index contributed by atoms with van der Waals surface area (Å²) in [6, 6.07) is 9.72. The van der Waals surface area contributed by atoms with Crippen LogP contribution in [0.3, 0.4) is 0 Å². The van der Waals surface area contributed by atoms with Gasteiger partial charge < -0.3 is 14.2 Å². The number of nitrogens with one attached hydrogen (secondary N) is 1. The van der Waals surface area contributed by atoms with E-state index in [2.05, 4.69) is 10.5 Å². The molecule has 0 spiro atoms. The maximum absolute atomic E-state index is 12.2. The summed E-state index contributed by atoms with van der Waals surface area (Å²) >= 11 is 0. The number of carbonyl (C=O) groups excluding carboxylic acids is 1. The normalized spacial score (nSPS) is 11.0. The second kappa shape index (κ2) is 10.1. The van der Waals surface area contributed by atoms with Crippen molar-refractivity contribution in [3.05, 3.63) is 57.6 Å². The summed E-state index contributed by atoms with van der Waals surface area (Å²) in [5.74, 6) is 0.949. The van der Waals surface area contributed by atoms with Crippen LogP contribution in [-0.2, 0) is 11.2 Å². The van der Waals surface area contributed by atoms with Crippen molar-refractivity contribution in [2.45, 2.75) is 20.3 Å². The maximum atomic E-state index is 12.2. The number of amides is 1. The van der Waals surface area contributed by atoms with Crippen molar-refractivity contribution in [2.75, 3.05) is 20.8 Å². The fraction of sp³-hybridized carbons (Fsp3) is 0.300. The molecule has 29 heavy (non-hydrogen) atoms. The summed E-state index contributed by atoms with van der Waals surface area (Å²) in [6.45, 7) is 3.72. The van der Waals surface area contributed by atoms with Crippen LogP contribution in [0.1, 0.15) is 25.0 Å². The van der Waals surface area contributed by atoms with Gasteiger partial charge in [0.25, 0.3) is 0 Å². The molecule has 0 bridgehead atoms. The van der Waals surface area contributed by atoms with Crippen LogP contribution in [-0.4, -0.2) is 37.4 Å². The van der Waals surface area contributed by atoms with E-state index in [0.29, 0.717) is 29.4 Å². The first-order chi connectivity index (χ1) is 13.9. The van der Waals surface area contributed by atoms with Crippen molar-refractivity contribution in [2.24, 2.45) is 5.10 Å². The molecule has 0 saturated heterocycles. The number of nitro groups is 1. The average Bonchev–Trinajstić information content (AvgIpc) is 2.72. The van der Waals surface area contributed by atoms with E-state index in [9.17, 15) is 14.9 Å². The molecule has 9 heteroatoms. The van der Waals surface area contributed by atoms with E-state index >= 15 is 0 Å². The second-order valence-corrected chi connectivity index (χ2v) is 5.97. The molecule has 0 radical (unpaired) electrons. The molecule has 1 N–H and O–H groups in total. The van der Waals surface area contributed by atoms with Gasteiger partial charge in [-0.2, -0.15) is 5.10 Å². The lowest BCUT2D eigenvalue weighted by atomic mass is 10.1. The first-order valence-electron chi connectivity index (χ1n) is 8.85. The van der Waals surface area contributed by atoms with E-state index in [-0.39, 0.29) is 23.8 Å². The van der Waals surface area contributed by atoms with Gasteiger partial charge in [0.1, 0.15) is 0 Å². The molecule has 2 rings (SSSR count). The van der Waals surface area contributed by atoms with E-state index in [0.717, 1.165) is 5.56 Å². The van der Waals surface area contributed by atoms with Crippen LogP contribution in [0, 0.1) is 10.1 Å². The highest BCUT2D eigenvalue weighted by molar-refractivity contribution is 6.00. The minimum atomic E-state index is -0.516. The summed E-state index contributed by atoms with van der Waals surface area (Å²) in [5.41, 5.74) is 3.96. The second-order valence-electron chi connectivity index (χ2n) is 5.97. The molecule has 0 aromatic heterocycles. The van der Waals surface area contributed by atoms with Crippen molar-refractivity contribution in [1.82, 2.24) is 5.43 Å². The zero-order chi connectivity index (χ0) is 21.4. The molecule has 2 aromatic carbocycles. The highest BCUT2D eigenvalue weighted by Crippen LogP contribution is 2.29. The Labute approximate surface area is 168 Å². The van der Waals surface area contributed by atoms with Crippen molar-refractivity contribution in [1.29, 1.82) is 0 Å². The Kier molecular flexibility index (Phi) is 7.53. The van der Waals surface area contributed by atoms with E-state index < -0.39 is 4.92 Å². The van der Waals surface area contributed by atoms with Crippen molar-refractivity contribution in [3.8, 4) is 17.2 Å². The van der Waals surface area contributed by atoms with Crippen molar-refractivity contribution >= 4 is 17.3 Å². The van der Waals surface area contributed by atoms with Crippen molar-refractivity contribution in [3.63, 3.8) is 0 Å². The molecular weight excluding hydrogens is 378 g/mol. The maximum Gasteiger partial charge on any atom is 0.311 e. The Balaban J connectivity index is 2.10. The molecule has 0 fully saturated rings. The lowest BCUT2D eigenvalue weighted by molar-refractivity contribution is -0.385. The lowest BCUT2D eigenvalue weighted by Gasteiger charge is -2.09. The first-order valence-corrected chi connectivity index (χ1v) is 8.85. The number of ether oxygens (including phenoxy) is 3. The molecule has 9 nitrogen and oxygen atoms in total. The van der Waals surface area contributed by atoms with Crippen molar-refractivity contribution < 1.29 is 23.9 Å². The van der Waals surface area contributed by atoms with Crippen LogP contribution in [0.2, 0.25) is 0 Å². The summed E-state index contributed by atoms with van der Waals surface area (Å²) in [4.78, 5) is 22.9. The molecule has 0 aliphatic carbocycles. The number of benzene rings is 2. The van der Waals surface area contributed by atoms with E-state index in [1.54, 1.807) is 38.1 Å². The minimum absolute atomic E-state index is 0.0839. The summed E-state index contributed by atoms with van der Waals surface area (Å²) < 4.78 is 15.7. The summed E-state index contributed by atoms with van der Waals surface area (Å²) in [7, 11) is 3.05. The largest absolute Gasteiger partial charge is 0.493 e. The Morgan fingerprint density at radius 1 is 1.10 bits per heavy atom. The SMILES string of the molecule is CCOc1ccc(/C(C)=N\NC(=O)Cc2ccc(OC)c(OC)c2)cc1[N+](=O)[O-]. The number of rotatable bonds is 9. The molecule has 2 aromatic rings. The Morgan fingerprint density at radius 2 is 1.79 bits per heavy atom. The van der Waals surface area contributed by atoms with Gasteiger partial charge in [-0.1, -0.05) is 6.07 Å². The van der Waals surface area contributed by atoms with Gasteiger partial charge in [-0.15, -0.1) is 0 Å². The number of hydrogen-bond donors (Lipinski definition) is 1. The predicted molar refractivity (Wildman–Crippen MR) is 108 cm³/mol. The van der Waals surface area contributed by atoms with Crippen LogP contribution in [0.15, 0.2) is 41.5 Å². The number of hydrogen-bond acceptors (Lipinski definition) is 7. The van der Waals surface area contributed by atoms with Gasteiger partial charge in [0, 0.05) is 11.6 Å². The number of carbonyl (C=O) groups is 1. The first kappa shape index (κ1) is 21.7. The van der Waals surface area contributed by atoms with Gasteiger partial charge >= 0.3 is 5.69 Å². The third-order valence-corrected chi connectivity index (χ3v) is 4.03. The minimum Gasteiger partial charge on any atom is -0.493 e. The van der Waals surface area contributed by atoms with Gasteiger partial charge in [-0.25, -0.2) is 5.43 Å². The van der Waals surface area contributed by atoms with Gasteiger partial charge in [0.05, 0.1) is 37.9 Å². The zero-order valence-electron chi connectivity index (χ0n) is 16.7. The van der Waals surface area contributed by atoms with Gasteiger partial charge in [0.15, 0.2) is 17.2 Å². The molecule has 0 heterocycles. The fourth-order valence-corrected chi connectivity index (χ4v) is 2.59. The monoisotopic (exact) mass is 401 g/mol. The van der Waals surface area contributed by atoms with Crippen LogP contribution in [0.4, 0.5) is 5.69 Å². The van der Waals surface area contributed by atoms with Gasteiger partial charge in [-0.3, -0.25) is 14.9 Å². The third-order valence-electron chi connectivity index (χ3n) is 4.03. The molecule has 0 atom stereocenters. The molecule has 0 saturated carbocycles. The fourth-order valence-electron chi connectivity index (χ4n) is 2.59. The summed E-state index contributed by atoms with van der Waals surface area (Å²) in [6.07, 6.45) is 0.0839. The Morgan fingerprint density at radius 3 is 2.41 bits per heavy atom. The Bertz CT molecular complexity index is 926. The number of nitro benzene ring substituents is 1. The van der Waals surface area contributed by atoms with Crippen LogP contribution in [0.5, 0.6) is 17.2 Å². The molecule has 1 amide bonds. The summed E-state index contributed by atoms with van der Waals surface area (Å²) in [5, 5.41) is 15.3. The lowest BCUT2D eigenvalue weighted by Crippen LogP contribution is -2.21. The molecule has 0 aliphatic rings. The topological polar surface area (TPSA) is 112 Å². The molecule has 0 unspecified atom stereocenters. The standard InChI is InChI=1S/C20H23N3O6/c1-5-29-17-9-7-15(12-16(17)23(25)26)13(2)21-22-20(24)11-14-6-8-18(27-3)19(10-14)28-4/h6-10,12H,5,11H2,1-4H3,(H,22,24)/b21-13-. The Hall–Kier alpha value is -3.62. The average molecular weight is 401 g/mol. The highest BCUT2D eigenvalue weighted by Gasteiger charge is 2.17. The van der Waals surface area contributed by atoms with Gasteiger partial charge in [0.2, 0.25) is 5.91 Å². The smallest absolute Gasteiger partial charge is 0.311 e. The molecular formula is C20H23N3O6. The van der Waals surface area contributed by atoms with E-state index in [1.165, 1.54) is 26.4 Å². The van der Waals surface area contributed by atoms with Crippen LogP contribution < -0.4 is 19.6 Å². The highest BCUT2D eigenvalue weighted by atomic mass is 16.6. The van der Waals surface area contributed by atoms with Gasteiger partial charge in [-0.05, 0) is 43.7 Å². The quantitative estimate of drug-likeness (QED) is 0.392. The van der Waals surface area contributed by atoms with Crippen LogP contribution >= 0.6 is 0 Å². The number of methoxy groups -OCH3 is 2. The number of hydrazone groups is 1. The van der Waals surface area contributed by atoms with E-state index in [1.807, 2.05) is 0 Å². The van der Waals surface area contributed by atoms with E-state index in [4.69, 9.17) is 14.2 Å². The number of nitrogens with zero attached hydrogens (tertiary/aromatic N) is 2.